The molecule has 0 bridgehead atoms. The molecule has 1 aromatic rings. The van der Waals surface area contributed by atoms with E-state index in [1.807, 2.05) is 12.1 Å². The molecule has 31 heavy (non-hydrogen) atoms. The summed E-state index contributed by atoms with van der Waals surface area (Å²) < 4.78 is 5.34. The molecule has 0 spiro atoms. The van der Waals surface area contributed by atoms with Gasteiger partial charge in [0.05, 0.1) is 12.2 Å². The van der Waals surface area contributed by atoms with Crippen molar-refractivity contribution in [3.63, 3.8) is 0 Å². The van der Waals surface area contributed by atoms with Crippen LogP contribution in [0.5, 0.6) is 0 Å². The van der Waals surface area contributed by atoms with Gasteiger partial charge in [-0.25, -0.2) is 4.79 Å². The smallest absolute Gasteiger partial charge is 0.338 e. The minimum atomic E-state index is -0.176. The van der Waals surface area contributed by atoms with Crippen molar-refractivity contribution in [2.24, 2.45) is 17.8 Å². The highest BCUT2D eigenvalue weighted by atomic mass is 16.5. The Bertz CT molecular complexity index is 619. The fourth-order valence-electron chi connectivity index (χ4n) is 6.02. The minimum absolute atomic E-state index is 0.176. The highest BCUT2D eigenvalue weighted by Crippen LogP contribution is 2.44. The predicted octanol–water partition coefficient (Wildman–Crippen LogP) is 8.69. The van der Waals surface area contributed by atoms with Crippen LogP contribution in [0.15, 0.2) is 24.3 Å². The van der Waals surface area contributed by atoms with Crippen molar-refractivity contribution in [2.75, 3.05) is 6.61 Å². The molecule has 2 aliphatic carbocycles. The lowest BCUT2D eigenvalue weighted by atomic mass is 9.68. The lowest BCUT2D eigenvalue weighted by Crippen LogP contribution is -2.25. The number of carbonyl (C=O) groups excluding carboxylic acids is 1. The van der Waals surface area contributed by atoms with E-state index >= 15 is 0 Å². The number of hydrogen-bond acceptors (Lipinski definition) is 2. The number of carbonyl (C=O) groups is 1. The summed E-state index contributed by atoms with van der Waals surface area (Å²) >= 11 is 0. The third-order valence-electron chi connectivity index (χ3n) is 8.14. The second-order valence-corrected chi connectivity index (χ2v) is 10.4. The molecule has 174 valence electrons. The van der Waals surface area contributed by atoms with Gasteiger partial charge in [-0.1, -0.05) is 77.3 Å². The van der Waals surface area contributed by atoms with Crippen molar-refractivity contribution in [2.45, 2.75) is 116 Å². The van der Waals surface area contributed by atoms with Crippen molar-refractivity contribution >= 4 is 5.97 Å². The maximum atomic E-state index is 12.1. The molecular formula is C29H46O2. The number of ether oxygens (including phenoxy) is 1. The van der Waals surface area contributed by atoms with Gasteiger partial charge in [0.15, 0.2) is 0 Å². The van der Waals surface area contributed by atoms with Crippen LogP contribution in [0, 0.1) is 17.8 Å². The monoisotopic (exact) mass is 426 g/mol. The van der Waals surface area contributed by atoms with Gasteiger partial charge in [-0.2, -0.15) is 0 Å². The summed E-state index contributed by atoms with van der Waals surface area (Å²) in [6.45, 7) is 4.94. The average molecular weight is 427 g/mol. The highest BCUT2D eigenvalue weighted by Gasteiger charge is 2.31. The topological polar surface area (TPSA) is 26.3 Å². The maximum Gasteiger partial charge on any atom is 0.338 e. The van der Waals surface area contributed by atoms with Crippen molar-refractivity contribution in [3.8, 4) is 0 Å². The molecule has 2 aliphatic rings. The van der Waals surface area contributed by atoms with Crippen LogP contribution in [0.25, 0.3) is 0 Å². The largest absolute Gasteiger partial charge is 0.462 e. The van der Waals surface area contributed by atoms with Crippen molar-refractivity contribution in [1.82, 2.24) is 0 Å². The van der Waals surface area contributed by atoms with E-state index in [2.05, 4.69) is 26.0 Å². The van der Waals surface area contributed by atoms with Crippen molar-refractivity contribution in [1.29, 1.82) is 0 Å². The zero-order valence-corrected chi connectivity index (χ0v) is 20.2. The van der Waals surface area contributed by atoms with Gasteiger partial charge in [0, 0.05) is 0 Å². The van der Waals surface area contributed by atoms with Gasteiger partial charge in [0.1, 0.15) is 0 Å². The van der Waals surface area contributed by atoms with Crippen molar-refractivity contribution in [3.05, 3.63) is 35.4 Å². The van der Waals surface area contributed by atoms with E-state index in [4.69, 9.17) is 4.74 Å². The Morgan fingerprint density at radius 2 is 1.39 bits per heavy atom. The minimum Gasteiger partial charge on any atom is -0.462 e. The molecule has 2 nitrogen and oxygen atoms in total. The SMILES string of the molecule is CCCCCC[C@H]1CC[C@H]([C@H]2CC[C@H](c3ccc(C(=O)OCCCC)cc3)CC2)CC1. The number of benzene rings is 1. The van der Waals surface area contributed by atoms with E-state index < -0.39 is 0 Å². The van der Waals surface area contributed by atoms with Crippen LogP contribution < -0.4 is 0 Å². The van der Waals surface area contributed by atoms with Gasteiger partial charge >= 0.3 is 5.97 Å². The van der Waals surface area contributed by atoms with E-state index in [-0.39, 0.29) is 5.97 Å². The molecule has 2 heteroatoms. The molecular weight excluding hydrogens is 380 g/mol. The first-order valence-electron chi connectivity index (χ1n) is 13.5. The predicted molar refractivity (Wildman–Crippen MR) is 131 cm³/mol. The average Bonchev–Trinajstić information content (AvgIpc) is 2.83. The summed E-state index contributed by atoms with van der Waals surface area (Å²) in [4.78, 5) is 12.1. The van der Waals surface area contributed by atoms with Gasteiger partial charge < -0.3 is 4.74 Å². The van der Waals surface area contributed by atoms with Crippen LogP contribution in [-0.2, 0) is 4.74 Å². The summed E-state index contributed by atoms with van der Waals surface area (Å²) in [7, 11) is 0. The Labute approximate surface area is 191 Å². The molecule has 3 rings (SSSR count). The second kappa shape index (κ2) is 13.3. The summed E-state index contributed by atoms with van der Waals surface area (Å²) in [6, 6.07) is 8.28. The normalized spacial score (nSPS) is 26.5. The van der Waals surface area contributed by atoms with E-state index in [1.54, 1.807) is 0 Å². The summed E-state index contributed by atoms with van der Waals surface area (Å²) in [5.41, 5.74) is 2.11. The van der Waals surface area contributed by atoms with Gasteiger partial charge in [-0.05, 0) is 86.3 Å². The Morgan fingerprint density at radius 3 is 2.00 bits per heavy atom. The van der Waals surface area contributed by atoms with E-state index in [9.17, 15) is 4.79 Å². The Balaban J connectivity index is 1.37. The number of hydrogen-bond donors (Lipinski definition) is 0. The lowest BCUT2D eigenvalue weighted by Gasteiger charge is -2.38. The first-order chi connectivity index (χ1) is 15.2. The number of esters is 1. The number of unbranched alkanes of at least 4 members (excludes halogenated alkanes) is 4. The third kappa shape index (κ3) is 7.65. The molecule has 0 aromatic heterocycles. The molecule has 0 unspecified atom stereocenters. The molecule has 0 radical (unpaired) electrons. The molecule has 0 saturated heterocycles. The van der Waals surface area contributed by atoms with Crippen LogP contribution >= 0.6 is 0 Å². The Morgan fingerprint density at radius 1 is 0.774 bits per heavy atom. The fourth-order valence-corrected chi connectivity index (χ4v) is 6.02. The van der Waals surface area contributed by atoms with E-state index in [1.165, 1.54) is 89.0 Å². The van der Waals surface area contributed by atoms with Gasteiger partial charge in [0.2, 0.25) is 0 Å². The first kappa shape index (κ1) is 24.3. The fraction of sp³-hybridized carbons (Fsp3) is 0.759. The first-order valence-corrected chi connectivity index (χ1v) is 13.5. The lowest BCUT2D eigenvalue weighted by molar-refractivity contribution is 0.0499. The Kier molecular flexibility index (Phi) is 10.4. The zero-order valence-electron chi connectivity index (χ0n) is 20.2. The molecule has 0 N–H and O–H groups in total. The van der Waals surface area contributed by atoms with Gasteiger partial charge in [-0.15, -0.1) is 0 Å². The van der Waals surface area contributed by atoms with Gasteiger partial charge in [0.25, 0.3) is 0 Å². The zero-order chi connectivity index (χ0) is 21.9. The molecule has 0 heterocycles. The molecule has 2 fully saturated rings. The van der Waals surface area contributed by atoms with Crippen LogP contribution in [-0.4, -0.2) is 12.6 Å². The Hall–Kier alpha value is -1.31. The van der Waals surface area contributed by atoms with Gasteiger partial charge in [-0.3, -0.25) is 0 Å². The quantitative estimate of drug-likeness (QED) is 0.261. The third-order valence-corrected chi connectivity index (χ3v) is 8.14. The van der Waals surface area contributed by atoms with Crippen molar-refractivity contribution < 1.29 is 9.53 Å². The molecule has 0 atom stereocenters. The molecule has 0 amide bonds. The maximum absolute atomic E-state index is 12.1. The highest BCUT2D eigenvalue weighted by molar-refractivity contribution is 5.89. The number of rotatable bonds is 11. The summed E-state index contributed by atoms with van der Waals surface area (Å²) in [6.07, 6.45) is 20.6. The summed E-state index contributed by atoms with van der Waals surface area (Å²) in [5.74, 6) is 3.48. The van der Waals surface area contributed by atoms with E-state index in [0.29, 0.717) is 18.1 Å². The molecule has 1 aromatic carbocycles. The summed E-state index contributed by atoms with van der Waals surface area (Å²) in [5, 5.41) is 0. The molecule has 0 aliphatic heterocycles. The second-order valence-electron chi connectivity index (χ2n) is 10.4. The van der Waals surface area contributed by atoms with Crippen LogP contribution in [0.3, 0.4) is 0 Å². The molecule has 2 saturated carbocycles. The van der Waals surface area contributed by atoms with Crippen LogP contribution in [0.1, 0.15) is 132 Å². The van der Waals surface area contributed by atoms with Crippen LogP contribution in [0.2, 0.25) is 0 Å². The van der Waals surface area contributed by atoms with Crippen LogP contribution in [0.4, 0.5) is 0 Å². The van der Waals surface area contributed by atoms with E-state index in [0.717, 1.165) is 30.6 Å². The standard InChI is InChI=1S/C29H46O2/c1-3-5-7-8-9-23-10-12-24(13-11-23)25-14-16-26(17-15-25)27-18-20-28(21-19-27)29(30)31-22-6-4-2/h18-21,23-26H,3-17,22H2,1-2H3/t23-,24-,25-,26-.